The van der Waals surface area contributed by atoms with Crippen LogP contribution in [0.1, 0.15) is 0 Å². The average molecular weight is 360 g/mol. The summed E-state index contributed by atoms with van der Waals surface area (Å²) in [5, 5.41) is 13.9. The molecule has 0 unspecified atom stereocenters. The fourth-order valence-electron chi connectivity index (χ4n) is 0. The minimum absolute atomic E-state index is 0. The van der Waals surface area contributed by atoms with Crippen molar-refractivity contribution >= 4 is 6.16 Å². The van der Waals surface area contributed by atoms with E-state index in [0.29, 0.717) is 0 Å². The molecule has 5 nitrogen and oxygen atoms in total. The predicted molar refractivity (Wildman–Crippen MR) is 17.9 cm³/mol. The fourth-order valence-corrected chi connectivity index (χ4v) is 0. The summed E-state index contributed by atoms with van der Waals surface area (Å²) >= 11 is 0. The van der Waals surface area contributed by atoms with Gasteiger partial charge >= 0.3 is 6.16 Å². The molecule has 0 fully saturated rings. The van der Waals surface area contributed by atoms with Crippen molar-refractivity contribution in [3.63, 3.8) is 0 Å². The Morgan fingerprint density at radius 3 is 0.800 bits per heavy atom. The summed E-state index contributed by atoms with van der Waals surface area (Å²) in [7, 11) is 0. The molecule has 0 heterocycles. The number of hydrogen-bond acceptors (Lipinski definition) is 1. The molecule has 0 aromatic carbocycles. The zero-order valence-electron chi connectivity index (χ0n) is 5.63. The van der Waals surface area contributed by atoms with Crippen LogP contribution >= 0.6 is 0 Å². The second kappa shape index (κ2) is 45.7. The summed E-state index contributed by atoms with van der Waals surface area (Å²) in [6, 6.07) is 0. The molecule has 10 heavy (non-hydrogen) atoms. The van der Waals surface area contributed by atoms with E-state index in [1.54, 1.807) is 0 Å². The normalized spacial score (nSPS) is 2.40. The largest absolute Gasteiger partial charge is 0.503 e. The first-order chi connectivity index (χ1) is 1.73. The van der Waals surface area contributed by atoms with E-state index in [1.165, 1.54) is 0 Å². The Hall–Kier alpha value is 1.68. The van der Waals surface area contributed by atoms with Gasteiger partial charge in [0.05, 0.1) is 0 Å². The van der Waals surface area contributed by atoms with Gasteiger partial charge < -0.3 is 21.2 Å². The minimum Gasteiger partial charge on any atom is -0.450 e. The molecule has 0 rings (SSSR count). The first kappa shape index (κ1) is 60.8. The summed E-state index contributed by atoms with van der Waals surface area (Å²) in [6.07, 6.45) is -1.83. The quantitative estimate of drug-likeness (QED) is 0.515. The van der Waals surface area contributed by atoms with Crippen LogP contribution in [-0.4, -0.2) is 27.3 Å². The molecule has 0 aromatic heterocycles. The number of carboxylic acid groups (broad SMARTS) is 2. The Kier molecular flexibility index (Phi) is 278. The summed E-state index contributed by atoms with van der Waals surface area (Å²) < 4.78 is 0. The van der Waals surface area contributed by atoms with Crippen molar-refractivity contribution < 1.29 is 104 Å². The van der Waals surface area contributed by atoms with Crippen molar-refractivity contribution in [3.05, 3.63) is 0 Å². The van der Waals surface area contributed by atoms with Gasteiger partial charge in [-0.1, -0.05) is 0 Å². The molecule has 0 saturated carbocycles. The molecule has 48 valence electrons. The smallest absolute Gasteiger partial charge is 0.450 e. The SMILES string of the molecule is O.O.O=C(O)O.[Zn].[Zn].[Zn].[Zn]. The molecule has 0 atom stereocenters. The molecule has 0 radical (unpaired) electrons. The monoisotopic (exact) mass is 354 g/mol. The molecule has 0 saturated heterocycles. The molecule has 0 aliphatic rings. The third kappa shape index (κ3) is 258. The molecule has 6 N–H and O–H groups in total. The summed E-state index contributed by atoms with van der Waals surface area (Å²) in [5.41, 5.74) is 0. The van der Waals surface area contributed by atoms with Crippen LogP contribution in [0.15, 0.2) is 0 Å². The molecule has 0 spiro atoms. The maximum absolute atomic E-state index is 8.56. The number of carbonyl (C=O) groups is 1. The van der Waals surface area contributed by atoms with E-state index < -0.39 is 6.16 Å². The van der Waals surface area contributed by atoms with Gasteiger partial charge in [0.15, 0.2) is 0 Å². The molecule has 0 aliphatic carbocycles. The van der Waals surface area contributed by atoms with Gasteiger partial charge in [0.1, 0.15) is 0 Å². The van der Waals surface area contributed by atoms with Gasteiger partial charge in [0.2, 0.25) is 0 Å². The third-order valence-corrected chi connectivity index (χ3v) is 0. The second-order valence-electron chi connectivity index (χ2n) is 0.283. The van der Waals surface area contributed by atoms with Crippen LogP contribution in [0.4, 0.5) is 4.79 Å². The van der Waals surface area contributed by atoms with Crippen LogP contribution in [0.5, 0.6) is 0 Å². The Labute approximate surface area is 109 Å². The van der Waals surface area contributed by atoms with E-state index >= 15 is 0 Å². The summed E-state index contributed by atoms with van der Waals surface area (Å²) in [6.45, 7) is 0. The molecule has 0 aromatic rings. The van der Waals surface area contributed by atoms with Crippen LogP contribution in [0.2, 0.25) is 0 Å². The van der Waals surface area contributed by atoms with Gasteiger partial charge in [-0.25, -0.2) is 4.79 Å². The fraction of sp³-hybridized carbons (Fsp3) is 0. The molecule has 0 amide bonds. The standard InChI is InChI=1S/CH2O3.2H2O.4Zn/c2-1(3)4;;;;;;/h(H2,2,3,4);2*1H2;;;;. The van der Waals surface area contributed by atoms with Crippen molar-refractivity contribution in [2.75, 3.05) is 0 Å². The topological polar surface area (TPSA) is 121 Å². The zero-order valence-corrected chi connectivity index (χ0v) is 17.5. The molecular formula is CH6O5Zn4. The van der Waals surface area contributed by atoms with Crippen molar-refractivity contribution in [3.8, 4) is 0 Å². The van der Waals surface area contributed by atoms with Crippen LogP contribution in [0.25, 0.3) is 0 Å². The number of hydrogen-bond donors (Lipinski definition) is 2. The molecule has 0 aliphatic heterocycles. The third-order valence-electron chi connectivity index (χ3n) is 0. The van der Waals surface area contributed by atoms with Gasteiger partial charge in [-0.15, -0.1) is 0 Å². The maximum atomic E-state index is 8.56. The Morgan fingerprint density at radius 2 is 0.800 bits per heavy atom. The molecule has 0 bridgehead atoms. The van der Waals surface area contributed by atoms with Gasteiger partial charge in [-0.05, 0) is 0 Å². The zero-order chi connectivity index (χ0) is 3.58. The minimum atomic E-state index is -1.83. The van der Waals surface area contributed by atoms with E-state index in [2.05, 4.69) is 0 Å². The van der Waals surface area contributed by atoms with Crippen LogP contribution < -0.4 is 0 Å². The van der Waals surface area contributed by atoms with Crippen molar-refractivity contribution in [1.82, 2.24) is 0 Å². The molecular weight excluding hydrogens is 354 g/mol. The summed E-state index contributed by atoms with van der Waals surface area (Å²) in [4.78, 5) is 8.56. The van der Waals surface area contributed by atoms with E-state index in [1.807, 2.05) is 0 Å². The first-order valence-corrected chi connectivity index (χ1v) is 0.651. The van der Waals surface area contributed by atoms with Crippen LogP contribution in [0, 0.1) is 0 Å². The van der Waals surface area contributed by atoms with Crippen molar-refractivity contribution in [1.29, 1.82) is 0 Å². The Balaban J connectivity index is -0.00000000300. The van der Waals surface area contributed by atoms with Crippen LogP contribution in [0.3, 0.4) is 0 Å². The van der Waals surface area contributed by atoms with Crippen molar-refractivity contribution in [2.45, 2.75) is 0 Å². The van der Waals surface area contributed by atoms with Gasteiger partial charge in [-0.3, -0.25) is 0 Å². The van der Waals surface area contributed by atoms with E-state index in [9.17, 15) is 0 Å². The van der Waals surface area contributed by atoms with E-state index in [4.69, 9.17) is 15.0 Å². The Morgan fingerprint density at radius 1 is 0.800 bits per heavy atom. The first-order valence-electron chi connectivity index (χ1n) is 0.651. The maximum Gasteiger partial charge on any atom is 0.503 e. The van der Waals surface area contributed by atoms with E-state index in [0.717, 1.165) is 0 Å². The van der Waals surface area contributed by atoms with Gasteiger partial charge in [0.25, 0.3) is 0 Å². The second-order valence-corrected chi connectivity index (χ2v) is 0.283. The van der Waals surface area contributed by atoms with E-state index in [-0.39, 0.29) is 88.9 Å². The average Bonchev–Trinajstić information content (AvgIpc) is 0.811. The van der Waals surface area contributed by atoms with Crippen LogP contribution in [-0.2, 0) is 77.9 Å². The molecule has 9 heteroatoms. The summed E-state index contributed by atoms with van der Waals surface area (Å²) in [5.74, 6) is 0. The Bertz CT molecular complexity index is 36.6. The van der Waals surface area contributed by atoms with Gasteiger partial charge in [-0.2, -0.15) is 0 Å². The predicted octanol–water partition coefficient (Wildman–Crippen LogP) is -1.44. The number of rotatable bonds is 0. The van der Waals surface area contributed by atoms with Crippen molar-refractivity contribution in [2.24, 2.45) is 0 Å². The van der Waals surface area contributed by atoms with Gasteiger partial charge in [0, 0.05) is 77.9 Å².